The van der Waals surface area contributed by atoms with Gasteiger partial charge in [0, 0.05) is 11.8 Å². The van der Waals surface area contributed by atoms with E-state index >= 15 is 0 Å². The molecule has 2 aromatic rings. The van der Waals surface area contributed by atoms with Crippen molar-refractivity contribution in [1.29, 1.82) is 0 Å². The summed E-state index contributed by atoms with van der Waals surface area (Å²) in [6.45, 7) is 3.82. The number of carboxylic acids is 1. The van der Waals surface area contributed by atoms with E-state index < -0.39 is 5.97 Å². The summed E-state index contributed by atoms with van der Waals surface area (Å²) in [7, 11) is 0. The second kappa shape index (κ2) is 3.30. The standard InChI is InChI=1S/C9H10N4O2/c1-5(2)6-3-10-7-4-11-12-13(7)8(6)9(14)15/h3-5H,1-2H3,(H,14,15). The minimum Gasteiger partial charge on any atom is -0.476 e. The highest BCUT2D eigenvalue weighted by Gasteiger charge is 2.18. The van der Waals surface area contributed by atoms with E-state index in [4.69, 9.17) is 5.11 Å². The molecule has 0 aromatic carbocycles. The molecule has 0 spiro atoms. The number of fused-ring (bicyclic) bond motifs is 1. The number of carboxylic acid groups (broad SMARTS) is 1. The average Bonchev–Trinajstić information content (AvgIpc) is 2.62. The van der Waals surface area contributed by atoms with Crippen LogP contribution in [0.25, 0.3) is 5.65 Å². The third-order valence-corrected chi connectivity index (χ3v) is 2.18. The number of aromatic nitrogens is 4. The van der Waals surface area contributed by atoms with E-state index in [1.165, 1.54) is 10.7 Å². The van der Waals surface area contributed by atoms with Gasteiger partial charge in [0.05, 0.1) is 6.20 Å². The van der Waals surface area contributed by atoms with Gasteiger partial charge in [0.15, 0.2) is 11.3 Å². The molecule has 1 N–H and O–H groups in total. The predicted molar refractivity (Wildman–Crippen MR) is 51.8 cm³/mol. The zero-order valence-electron chi connectivity index (χ0n) is 8.38. The second-order valence-corrected chi connectivity index (χ2v) is 3.53. The summed E-state index contributed by atoms with van der Waals surface area (Å²) in [5, 5.41) is 16.5. The molecule has 0 aliphatic heterocycles. The third-order valence-electron chi connectivity index (χ3n) is 2.18. The molecule has 6 nitrogen and oxygen atoms in total. The van der Waals surface area contributed by atoms with Crippen LogP contribution >= 0.6 is 0 Å². The van der Waals surface area contributed by atoms with Crippen LogP contribution in [0.4, 0.5) is 0 Å². The molecule has 0 radical (unpaired) electrons. The Bertz CT molecular complexity index is 518. The number of nitrogens with zero attached hydrogens (tertiary/aromatic N) is 4. The van der Waals surface area contributed by atoms with Gasteiger partial charge in [-0.15, -0.1) is 5.10 Å². The summed E-state index contributed by atoms with van der Waals surface area (Å²) in [6, 6.07) is 0. The Morgan fingerprint density at radius 2 is 2.20 bits per heavy atom. The lowest BCUT2D eigenvalue weighted by Gasteiger charge is -2.09. The van der Waals surface area contributed by atoms with Crippen molar-refractivity contribution < 1.29 is 9.90 Å². The molecule has 0 atom stereocenters. The van der Waals surface area contributed by atoms with Gasteiger partial charge in [-0.3, -0.25) is 0 Å². The van der Waals surface area contributed by atoms with E-state index in [9.17, 15) is 4.79 Å². The minimum atomic E-state index is -1.02. The van der Waals surface area contributed by atoms with Crippen LogP contribution in [0.5, 0.6) is 0 Å². The maximum absolute atomic E-state index is 11.1. The summed E-state index contributed by atoms with van der Waals surface area (Å²) in [5.41, 5.74) is 1.23. The predicted octanol–water partition coefficient (Wildman–Crippen LogP) is 0.946. The number of rotatable bonds is 2. The summed E-state index contributed by atoms with van der Waals surface area (Å²) in [4.78, 5) is 15.2. The molecule has 0 saturated heterocycles. The highest BCUT2D eigenvalue weighted by molar-refractivity contribution is 5.88. The zero-order valence-corrected chi connectivity index (χ0v) is 8.38. The summed E-state index contributed by atoms with van der Waals surface area (Å²) >= 11 is 0. The molecule has 0 aliphatic carbocycles. The van der Waals surface area contributed by atoms with E-state index in [-0.39, 0.29) is 11.6 Å². The van der Waals surface area contributed by atoms with Crippen molar-refractivity contribution in [2.45, 2.75) is 19.8 Å². The van der Waals surface area contributed by atoms with Crippen molar-refractivity contribution in [2.24, 2.45) is 0 Å². The van der Waals surface area contributed by atoms with Crippen LogP contribution in [0.2, 0.25) is 0 Å². The Labute approximate surface area is 85.6 Å². The first-order chi connectivity index (χ1) is 7.11. The smallest absolute Gasteiger partial charge is 0.355 e. The molecule has 0 saturated carbocycles. The largest absolute Gasteiger partial charge is 0.476 e. The number of carbonyl (C=O) groups is 1. The van der Waals surface area contributed by atoms with Gasteiger partial charge in [-0.1, -0.05) is 19.1 Å². The third kappa shape index (κ3) is 1.43. The van der Waals surface area contributed by atoms with Gasteiger partial charge < -0.3 is 5.11 Å². The van der Waals surface area contributed by atoms with Gasteiger partial charge in [-0.25, -0.2) is 9.78 Å². The molecular weight excluding hydrogens is 196 g/mol. The van der Waals surface area contributed by atoms with Crippen LogP contribution in [0, 0.1) is 0 Å². The molecule has 15 heavy (non-hydrogen) atoms. The normalized spacial score (nSPS) is 11.1. The molecule has 0 fully saturated rings. The lowest BCUT2D eigenvalue weighted by atomic mass is 10.0. The fraction of sp³-hybridized carbons (Fsp3) is 0.333. The Morgan fingerprint density at radius 3 is 2.80 bits per heavy atom. The highest BCUT2D eigenvalue weighted by Crippen LogP contribution is 2.18. The molecule has 0 unspecified atom stereocenters. The lowest BCUT2D eigenvalue weighted by Crippen LogP contribution is -2.12. The zero-order chi connectivity index (χ0) is 11.0. The van der Waals surface area contributed by atoms with Crippen molar-refractivity contribution in [3.63, 3.8) is 0 Å². The first kappa shape index (κ1) is 9.57. The van der Waals surface area contributed by atoms with Gasteiger partial charge in [0.2, 0.25) is 0 Å². The summed E-state index contributed by atoms with van der Waals surface area (Å²) in [5.74, 6) is -0.936. The Kier molecular flexibility index (Phi) is 2.11. The van der Waals surface area contributed by atoms with Gasteiger partial charge in [-0.2, -0.15) is 4.52 Å². The van der Waals surface area contributed by atoms with E-state index in [1.807, 2.05) is 13.8 Å². The molecule has 2 rings (SSSR count). The maximum atomic E-state index is 11.1. The van der Waals surface area contributed by atoms with Crippen molar-refractivity contribution in [1.82, 2.24) is 19.8 Å². The number of aromatic carboxylic acids is 1. The van der Waals surface area contributed by atoms with Crippen molar-refractivity contribution in [3.8, 4) is 0 Å². The van der Waals surface area contributed by atoms with Crippen LogP contribution in [0.3, 0.4) is 0 Å². The summed E-state index contributed by atoms with van der Waals surface area (Å²) in [6.07, 6.45) is 2.99. The average molecular weight is 206 g/mol. The van der Waals surface area contributed by atoms with Crippen LogP contribution in [-0.2, 0) is 0 Å². The van der Waals surface area contributed by atoms with Gasteiger partial charge >= 0.3 is 5.97 Å². The molecule has 0 aliphatic rings. The number of hydrogen-bond acceptors (Lipinski definition) is 4. The maximum Gasteiger partial charge on any atom is 0.355 e. The van der Waals surface area contributed by atoms with E-state index in [0.29, 0.717) is 11.2 Å². The monoisotopic (exact) mass is 206 g/mol. The first-order valence-electron chi connectivity index (χ1n) is 4.54. The van der Waals surface area contributed by atoms with Crippen molar-refractivity contribution in [2.75, 3.05) is 0 Å². The Hall–Kier alpha value is -1.98. The Balaban J connectivity index is 2.81. The highest BCUT2D eigenvalue weighted by atomic mass is 16.4. The quantitative estimate of drug-likeness (QED) is 0.791. The topological polar surface area (TPSA) is 80.4 Å². The van der Waals surface area contributed by atoms with Gasteiger partial charge in [0.25, 0.3) is 0 Å². The first-order valence-corrected chi connectivity index (χ1v) is 4.54. The Morgan fingerprint density at radius 1 is 1.47 bits per heavy atom. The molecular formula is C9H10N4O2. The van der Waals surface area contributed by atoms with E-state index in [2.05, 4.69) is 15.3 Å². The fourth-order valence-electron chi connectivity index (χ4n) is 1.43. The molecule has 0 amide bonds. The molecule has 78 valence electrons. The van der Waals surface area contributed by atoms with E-state index in [0.717, 1.165) is 0 Å². The minimum absolute atomic E-state index is 0.0807. The SMILES string of the molecule is CC(C)c1cnc2cnnn2c1C(=O)O. The van der Waals surface area contributed by atoms with Crippen LogP contribution in [0.15, 0.2) is 12.4 Å². The van der Waals surface area contributed by atoms with Crippen LogP contribution in [-0.4, -0.2) is 30.9 Å². The lowest BCUT2D eigenvalue weighted by molar-refractivity contribution is 0.0685. The molecule has 2 aromatic heterocycles. The van der Waals surface area contributed by atoms with Crippen molar-refractivity contribution >= 4 is 11.6 Å². The van der Waals surface area contributed by atoms with Gasteiger partial charge in [-0.05, 0) is 5.92 Å². The van der Waals surface area contributed by atoms with E-state index in [1.54, 1.807) is 6.20 Å². The molecule has 2 heterocycles. The second-order valence-electron chi connectivity index (χ2n) is 3.53. The van der Waals surface area contributed by atoms with Crippen molar-refractivity contribution in [3.05, 3.63) is 23.7 Å². The van der Waals surface area contributed by atoms with Crippen LogP contribution in [0.1, 0.15) is 35.8 Å². The van der Waals surface area contributed by atoms with Crippen LogP contribution < -0.4 is 0 Å². The molecule has 0 bridgehead atoms. The fourth-order valence-corrected chi connectivity index (χ4v) is 1.43. The van der Waals surface area contributed by atoms with Gasteiger partial charge in [0.1, 0.15) is 0 Å². The number of hydrogen-bond donors (Lipinski definition) is 1. The summed E-state index contributed by atoms with van der Waals surface area (Å²) < 4.78 is 1.25. The molecule has 6 heteroatoms.